The average molecular weight is 287 g/mol. The molecule has 0 bridgehead atoms. The van der Waals surface area contributed by atoms with Crippen LogP contribution in [0.4, 0.5) is 0 Å². The Morgan fingerprint density at radius 2 is 2.05 bits per heavy atom. The minimum atomic E-state index is -0.233. The van der Waals surface area contributed by atoms with Crippen molar-refractivity contribution in [3.63, 3.8) is 0 Å². The Hall–Kier alpha value is -2.07. The van der Waals surface area contributed by atoms with E-state index in [2.05, 4.69) is 6.92 Å². The molecule has 0 aliphatic heterocycles. The number of hydrogen-bond donors (Lipinski definition) is 1. The zero-order valence-electron chi connectivity index (χ0n) is 12.5. The van der Waals surface area contributed by atoms with Crippen molar-refractivity contribution in [2.45, 2.75) is 32.9 Å². The van der Waals surface area contributed by atoms with Crippen molar-refractivity contribution in [1.82, 2.24) is 4.57 Å². The molecule has 21 heavy (non-hydrogen) atoms. The van der Waals surface area contributed by atoms with Crippen molar-refractivity contribution in [2.75, 3.05) is 7.11 Å². The first kappa shape index (κ1) is 15.3. The van der Waals surface area contributed by atoms with Crippen LogP contribution in [-0.4, -0.2) is 16.8 Å². The van der Waals surface area contributed by atoms with Crippen molar-refractivity contribution in [1.29, 1.82) is 0 Å². The number of hydrogen-bond acceptors (Lipinski definition) is 3. The number of aromatic nitrogens is 1. The fourth-order valence-electron chi connectivity index (χ4n) is 2.32. The number of unbranched alkanes of at least 4 members (excludes halogenated alkanes) is 1. The van der Waals surface area contributed by atoms with E-state index in [1.54, 1.807) is 17.7 Å². The molecule has 1 aromatic heterocycles. The van der Waals surface area contributed by atoms with Crippen LogP contribution >= 0.6 is 0 Å². The second-order valence-electron chi connectivity index (χ2n) is 4.94. The summed E-state index contributed by atoms with van der Waals surface area (Å²) < 4.78 is 6.99. The zero-order valence-corrected chi connectivity index (χ0v) is 12.5. The lowest BCUT2D eigenvalue weighted by atomic mass is 10.1. The van der Waals surface area contributed by atoms with Gasteiger partial charge in [-0.2, -0.15) is 0 Å². The maximum atomic E-state index is 12.4. The van der Waals surface area contributed by atoms with Crippen molar-refractivity contribution in [3.8, 4) is 17.0 Å². The van der Waals surface area contributed by atoms with Gasteiger partial charge in [0, 0.05) is 17.7 Å². The van der Waals surface area contributed by atoms with Gasteiger partial charge in [0.1, 0.15) is 5.75 Å². The third kappa shape index (κ3) is 3.34. The molecule has 4 heteroatoms. The Morgan fingerprint density at radius 1 is 1.24 bits per heavy atom. The molecule has 0 spiro atoms. The van der Waals surface area contributed by atoms with Crippen LogP contribution in [0.25, 0.3) is 11.3 Å². The second-order valence-corrected chi connectivity index (χ2v) is 4.94. The quantitative estimate of drug-likeness (QED) is 0.889. The fraction of sp³-hybridized carbons (Fsp3) is 0.353. The molecule has 0 fully saturated rings. The molecule has 4 nitrogen and oxygen atoms in total. The van der Waals surface area contributed by atoms with Gasteiger partial charge in [-0.05, 0) is 30.7 Å². The predicted octanol–water partition coefficient (Wildman–Crippen LogP) is 2.82. The topological polar surface area (TPSA) is 51.5 Å². The van der Waals surface area contributed by atoms with E-state index in [4.69, 9.17) is 4.74 Å². The van der Waals surface area contributed by atoms with Gasteiger partial charge in [0.25, 0.3) is 5.56 Å². The first-order valence-corrected chi connectivity index (χ1v) is 7.19. The minimum absolute atomic E-state index is 0.119. The zero-order chi connectivity index (χ0) is 15.2. The third-order valence-electron chi connectivity index (χ3n) is 3.52. The van der Waals surface area contributed by atoms with Crippen molar-refractivity contribution < 1.29 is 9.84 Å². The molecule has 0 saturated heterocycles. The molecule has 112 valence electrons. The number of nitrogens with zero attached hydrogens (tertiary/aromatic N) is 1. The Morgan fingerprint density at radius 3 is 2.71 bits per heavy atom. The summed E-state index contributed by atoms with van der Waals surface area (Å²) >= 11 is 0. The van der Waals surface area contributed by atoms with Crippen LogP contribution in [0.2, 0.25) is 0 Å². The van der Waals surface area contributed by atoms with E-state index in [9.17, 15) is 9.90 Å². The molecule has 1 N–H and O–H groups in total. The molecular weight excluding hydrogens is 266 g/mol. The van der Waals surface area contributed by atoms with E-state index in [0.29, 0.717) is 12.1 Å². The second kappa shape index (κ2) is 7.09. The lowest BCUT2D eigenvalue weighted by molar-refractivity contribution is 0.279. The van der Waals surface area contributed by atoms with Crippen LogP contribution in [0.5, 0.6) is 5.75 Å². The summed E-state index contributed by atoms with van der Waals surface area (Å²) in [5.41, 5.74) is 2.10. The smallest absolute Gasteiger partial charge is 0.256 e. The fourth-order valence-corrected chi connectivity index (χ4v) is 2.32. The Labute approximate surface area is 124 Å². The SMILES string of the molecule is CCCCn1c(-c2cccc(OC)c2)ccc(CO)c1=O. The van der Waals surface area contributed by atoms with Gasteiger partial charge >= 0.3 is 0 Å². The number of aliphatic hydroxyl groups is 1. The molecule has 0 unspecified atom stereocenters. The largest absolute Gasteiger partial charge is 0.497 e. The number of benzene rings is 1. The van der Waals surface area contributed by atoms with E-state index < -0.39 is 0 Å². The molecular formula is C17H21NO3. The lowest BCUT2D eigenvalue weighted by Gasteiger charge is -2.14. The first-order valence-electron chi connectivity index (χ1n) is 7.19. The molecule has 1 heterocycles. The maximum absolute atomic E-state index is 12.4. The van der Waals surface area contributed by atoms with Gasteiger partial charge in [-0.1, -0.05) is 25.5 Å². The molecule has 0 radical (unpaired) electrons. The predicted molar refractivity (Wildman–Crippen MR) is 83.5 cm³/mol. The van der Waals surface area contributed by atoms with Gasteiger partial charge in [-0.25, -0.2) is 0 Å². The van der Waals surface area contributed by atoms with E-state index in [0.717, 1.165) is 29.8 Å². The molecule has 1 aromatic carbocycles. The van der Waals surface area contributed by atoms with Gasteiger partial charge < -0.3 is 14.4 Å². The molecule has 2 rings (SSSR count). The van der Waals surface area contributed by atoms with Crippen LogP contribution in [0.3, 0.4) is 0 Å². The number of aliphatic hydroxyl groups excluding tert-OH is 1. The van der Waals surface area contributed by atoms with Crippen molar-refractivity contribution in [3.05, 3.63) is 52.3 Å². The average Bonchev–Trinajstić information content (AvgIpc) is 2.53. The summed E-state index contributed by atoms with van der Waals surface area (Å²) in [6, 6.07) is 11.2. The van der Waals surface area contributed by atoms with Crippen LogP contribution in [0.1, 0.15) is 25.3 Å². The van der Waals surface area contributed by atoms with Crippen LogP contribution in [0, 0.1) is 0 Å². The summed E-state index contributed by atoms with van der Waals surface area (Å²) in [5.74, 6) is 0.758. The van der Waals surface area contributed by atoms with Crippen molar-refractivity contribution in [2.24, 2.45) is 0 Å². The summed E-state index contributed by atoms with van der Waals surface area (Å²) in [7, 11) is 1.62. The standard InChI is InChI=1S/C17H21NO3/c1-3-4-10-18-16(9-8-14(12-19)17(18)20)13-6-5-7-15(11-13)21-2/h5-9,11,19H,3-4,10,12H2,1-2H3. The lowest BCUT2D eigenvalue weighted by Crippen LogP contribution is -2.25. The number of ether oxygens (including phenoxy) is 1. The van der Waals surface area contributed by atoms with Crippen molar-refractivity contribution >= 4 is 0 Å². The highest BCUT2D eigenvalue weighted by atomic mass is 16.5. The monoisotopic (exact) mass is 287 g/mol. The number of methoxy groups -OCH3 is 1. The third-order valence-corrected chi connectivity index (χ3v) is 3.52. The first-order chi connectivity index (χ1) is 10.2. The van der Waals surface area contributed by atoms with E-state index in [1.807, 2.05) is 30.3 Å². The highest BCUT2D eigenvalue weighted by Gasteiger charge is 2.10. The van der Waals surface area contributed by atoms with Gasteiger partial charge in [0.05, 0.1) is 19.4 Å². The van der Waals surface area contributed by atoms with Crippen LogP contribution in [-0.2, 0) is 13.2 Å². The molecule has 0 aliphatic carbocycles. The number of rotatable bonds is 6. The Kier molecular flexibility index (Phi) is 5.17. The molecule has 0 saturated carbocycles. The van der Waals surface area contributed by atoms with E-state index in [-0.39, 0.29) is 12.2 Å². The molecule has 0 amide bonds. The van der Waals surface area contributed by atoms with Gasteiger partial charge in [0.15, 0.2) is 0 Å². The molecule has 0 aliphatic rings. The highest BCUT2D eigenvalue weighted by molar-refractivity contribution is 5.62. The Bertz CT molecular complexity index is 661. The van der Waals surface area contributed by atoms with Crippen LogP contribution in [0.15, 0.2) is 41.2 Å². The summed E-state index contributed by atoms with van der Waals surface area (Å²) in [5, 5.41) is 9.28. The number of pyridine rings is 1. The summed E-state index contributed by atoms with van der Waals surface area (Å²) in [6.07, 6.45) is 1.93. The molecule has 0 atom stereocenters. The summed E-state index contributed by atoms with van der Waals surface area (Å²) in [4.78, 5) is 12.4. The van der Waals surface area contributed by atoms with Gasteiger partial charge in [-0.3, -0.25) is 4.79 Å². The summed E-state index contributed by atoms with van der Waals surface area (Å²) in [6.45, 7) is 2.51. The van der Waals surface area contributed by atoms with Gasteiger partial charge in [0.2, 0.25) is 0 Å². The normalized spacial score (nSPS) is 10.6. The Balaban J connectivity index is 2.55. The van der Waals surface area contributed by atoms with E-state index in [1.165, 1.54) is 0 Å². The minimum Gasteiger partial charge on any atom is -0.497 e. The maximum Gasteiger partial charge on any atom is 0.256 e. The van der Waals surface area contributed by atoms with Gasteiger partial charge in [-0.15, -0.1) is 0 Å². The molecule has 2 aromatic rings. The highest BCUT2D eigenvalue weighted by Crippen LogP contribution is 2.23. The van der Waals surface area contributed by atoms with Crippen LogP contribution < -0.4 is 10.3 Å². The van der Waals surface area contributed by atoms with E-state index >= 15 is 0 Å².